The molecule has 3 heterocycles. The zero-order chi connectivity index (χ0) is 32.8. The number of fused-ring (bicyclic) bond motifs is 10. The highest BCUT2D eigenvalue weighted by Crippen LogP contribution is 2.42. The van der Waals surface area contributed by atoms with Gasteiger partial charge in [-0.1, -0.05) is 66.7 Å². The zero-order valence-corrected chi connectivity index (χ0v) is 25.8. The fourth-order valence-electron chi connectivity index (χ4n) is 7.59. The van der Waals surface area contributed by atoms with Gasteiger partial charge in [0.15, 0.2) is 11.4 Å². The van der Waals surface area contributed by atoms with Crippen molar-refractivity contribution in [2.75, 3.05) is 0 Å². The molecule has 0 aliphatic rings. The second kappa shape index (κ2) is 10.1. The third kappa shape index (κ3) is 3.93. The van der Waals surface area contributed by atoms with Gasteiger partial charge in [-0.15, -0.1) is 0 Å². The maximum Gasteiger partial charge on any atom is 0.173 e. The average molecular weight is 636 g/mol. The highest BCUT2D eigenvalue weighted by molar-refractivity contribution is 6.24. The van der Waals surface area contributed by atoms with Crippen LogP contribution in [0.3, 0.4) is 0 Å². The topological polar surface area (TPSA) is 46.8 Å². The molecule has 6 heteroatoms. The van der Waals surface area contributed by atoms with Crippen LogP contribution in [0, 0.1) is 23.0 Å². The minimum absolute atomic E-state index is 0.228. The Bertz CT molecular complexity index is 3050. The van der Waals surface area contributed by atoms with Gasteiger partial charge in [-0.05, 0) is 83.9 Å². The summed E-state index contributed by atoms with van der Waals surface area (Å²) in [5.74, 6) is -0.698. The molecule has 0 unspecified atom stereocenters. The first kappa shape index (κ1) is 27.4. The Hall–Kier alpha value is -6.71. The summed E-state index contributed by atoms with van der Waals surface area (Å²) in [4.78, 5) is 0. The number of hydrogen-bond donors (Lipinski definition) is 0. The molecule has 0 aliphatic carbocycles. The average Bonchev–Trinajstić information content (AvgIpc) is 3.80. The molecule has 0 spiro atoms. The molecule has 0 N–H and O–H groups in total. The van der Waals surface area contributed by atoms with Crippen molar-refractivity contribution in [3.63, 3.8) is 0 Å². The molecule has 0 saturated carbocycles. The van der Waals surface area contributed by atoms with Crippen LogP contribution in [0.2, 0.25) is 0 Å². The zero-order valence-electron chi connectivity index (χ0n) is 25.8. The second-order valence-corrected chi connectivity index (χ2v) is 12.4. The largest absolute Gasteiger partial charge is 0.453 e. The van der Waals surface area contributed by atoms with Crippen LogP contribution in [0.1, 0.15) is 5.56 Å². The molecular formula is C43H23F2N3O. The molecule has 0 saturated heterocycles. The number of nitriles is 1. The highest BCUT2D eigenvalue weighted by Gasteiger charge is 2.22. The van der Waals surface area contributed by atoms with E-state index in [1.54, 1.807) is 18.2 Å². The van der Waals surface area contributed by atoms with Gasteiger partial charge in [0.25, 0.3) is 0 Å². The molecule has 0 fully saturated rings. The van der Waals surface area contributed by atoms with E-state index in [9.17, 15) is 9.65 Å². The van der Waals surface area contributed by atoms with Crippen molar-refractivity contribution in [2.24, 2.45) is 0 Å². The van der Waals surface area contributed by atoms with Crippen LogP contribution in [0.5, 0.6) is 0 Å². The number of rotatable bonds is 3. The number of para-hydroxylation sites is 3. The molecule has 10 aromatic rings. The van der Waals surface area contributed by atoms with Crippen LogP contribution in [-0.2, 0) is 0 Å². The molecule has 7 aromatic carbocycles. The first-order valence-corrected chi connectivity index (χ1v) is 16.0. The number of nitrogens with zero attached hydrogens (tertiary/aromatic N) is 3. The minimum atomic E-state index is -0.399. The fourth-order valence-corrected chi connectivity index (χ4v) is 7.59. The Morgan fingerprint density at radius 3 is 2.04 bits per heavy atom. The maximum absolute atomic E-state index is 15.7. The van der Waals surface area contributed by atoms with Gasteiger partial charge in [0.1, 0.15) is 11.4 Å². The summed E-state index contributed by atoms with van der Waals surface area (Å²) in [6, 6.07) is 46.3. The Morgan fingerprint density at radius 2 is 1.22 bits per heavy atom. The lowest BCUT2D eigenvalue weighted by atomic mass is 10.0. The van der Waals surface area contributed by atoms with Crippen molar-refractivity contribution in [1.29, 1.82) is 5.26 Å². The normalized spacial score (nSPS) is 11.9. The van der Waals surface area contributed by atoms with Gasteiger partial charge in [-0.2, -0.15) is 5.26 Å². The molecular weight excluding hydrogens is 612 g/mol. The smallest absolute Gasteiger partial charge is 0.173 e. The Kier molecular flexibility index (Phi) is 5.67. The third-order valence-corrected chi connectivity index (χ3v) is 9.61. The van der Waals surface area contributed by atoms with Crippen LogP contribution in [0.4, 0.5) is 8.78 Å². The number of benzene rings is 7. The van der Waals surface area contributed by atoms with Crippen molar-refractivity contribution in [1.82, 2.24) is 9.13 Å². The summed E-state index contributed by atoms with van der Waals surface area (Å²) in [6.07, 6.45) is 0. The second-order valence-electron chi connectivity index (χ2n) is 12.4. The van der Waals surface area contributed by atoms with Gasteiger partial charge < -0.3 is 13.6 Å². The Labute approximate surface area is 277 Å². The molecule has 0 amide bonds. The number of halogens is 2. The highest BCUT2D eigenvalue weighted by atomic mass is 19.1. The first-order chi connectivity index (χ1) is 24.1. The number of aromatic nitrogens is 2. The lowest BCUT2D eigenvalue weighted by Crippen LogP contribution is -1.97. The van der Waals surface area contributed by atoms with Gasteiger partial charge in [0, 0.05) is 38.3 Å². The van der Waals surface area contributed by atoms with E-state index in [2.05, 4.69) is 27.3 Å². The third-order valence-electron chi connectivity index (χ3n) is 9.61. The van der Waals surface area contributed by atoms with Crippen LogP contribution in [0.15, 0.2) is 144 Å². The van der Waals surface area contributed by atoms with Crippen LogP contribution >= 0.6 is 0 Å². The van der Waals surface area contributed by atoms with Crippen molar-refractivity contribution in [2.45, 2.75) is 0 Å². The van der Waals surface area contributed by atoms with Crippen LogP contribution < -0.4 is 0 Å². The summed E-state index contributed by atoms with van der Waals surface area (Å²) in [6.45, 7) is 0. The monoisotopic (exact) mass is 635 g/mol. The van der Waals surface area contributed by atoms with E-state index in [1.165, 1.54) is 6.07 Å². The van der Waals surface area contributed by atoms with E-state index in [0.717, 1.165) is 76.9 Å². The molecule has 4 nitrogen and oxygen atoms in total. The fraction of sp³-hybridized carbons (Fsp3) is 0. The van der Waals surface area contributed by atoms with E-state index in [1.807, 2.05) is 103 Å². The van der Waals surface area contributed by atoms with E-state index >= 15 is 4.39 Å². The summed E-state index contributed by atoms with van der Waals surface area (Å²) < 4.78 is 40.4. The standard InChI is InChI=1S/C43H23F2N3O/c44-28-16-17-39-34(22-28)31-10-1-4-13-37(31)47(39)30-19-25(24-46)18-27(21-30)26-8-7-9-29(20-26)48-38-14-5-2-11-32(38)35-23-36(45)43-41(42(35)48)33-12-3-6-15-40(33)49-43/h1-23H. The Morgan fingerprint density at radius 1 is 0.531 bits per heavy atom. The van der Waals surface area contributed by atoms with Crippen LogP contribution in [-0.4, -0.2) is 9.13 Å². The predicted molar refractivity (Wildman–Crippen MR) is 192 cm³/mol. The first-order valence-electron chi connectivity index (χ1n) is 16.0. The summed E-state index contributed by atoms with van der Waals surface area (Å²) >= 11 is 0. The number of furan rings is 1. The molecule has 10 rings (SSSR count). The van der Waals surface area contributed by atoms with Crippen molar-refractivity contribution in [3.8, 4) is 28.6 Å². The van der Waals surface area contributed by atoms with E-state index in [-0.39, 0.29) is 11.4 Å². The van der Waals surface area contributed by atoms with Gasteiger partial charge in [0.2, 0.25) is 0 Å². The van der Waals surface area contributed by atoms with Gasteiger partial charge >= 0.3 is 0 Å². The van der Waals surface area contributed by atoms with E-state index < -0.39 is 5.82 Å². The van der Waals surface area contributed by atoms with Gasteiger partial charge in [0.05, 0.1) is 39.1 Å². The molecule has 3 aromatic heterocycles. The van der Waals surface area contributed by atoms with Crippen molar-refractivity contribution < 1.29 is 13.2 Å². The molecule has 0 radical (unpaired) electrons. The summed E-state index contributed by atoms with van der Waals surface area (Å²) in [7, 11) is 0. The van der Waals surface area contributed by atoms with Crippen molar-refractivity contribution in [3.05, 3.63) is 157 Å². The molecule has 230 valence electrons. The quantitative estimate of drug-likeness (QED) is 0.194. The van der Waals surface area contributed by atoms with Crippen molar-refractivity contribution >= 4 is 65.6 Å². The molecule has 0 bridgehead atoms. The molecule has 49 heavy (non-hydrogen) atoms. The lowest BCUT2D eigenvalue weighted by Gasteiger charge is -2.14. The lowest BCUT2D eigenvalue weighted by molar-refractivity contribution is 0.585. The van der Waals surface area contributed by atoms with Crippen LogP contribution in [0.25, 0.3) is 88.1 Å². The maximum atomic E-state index is 15.7. The minimum Gasteiger partial charge on any atom is -0.453 e. The SMILES string of the molecule is N#Cc1cc(-c2cccc(-n3c4ccccc4c4cc(F)c5oc6ccccc6c5c43)c2)cc(-n2c3ccccc3c3cc(F)ccc32)c1. The van der Waals surface area contributed by atoms with Gasteiger partial charge in [-0.3, -0.25) is 0 Å². The summed E-state index contributed by atoms with van der Waals surface area (Å²) in [5, 5.41) is 15.2. The molecule has 0 atom stereocenters. The molecule has 0 aliphatic heterocycles. The van der Waals surface area contributed by atoms with E-state index in [0.29, 0.717) is 11.1 Å². The predicted octanol–water partition coefficient (Wildman–Crippen LogP) is 11.6. The number of hydrogen-bond acceptors (Lipinski definition) is 2. The summed E-state index contributed by atoms with van der Waals surface area (Å²) in [5.41, 5.74) is 8.39. The van der Waals surface area contributed by atoms with E-state index in [4.69, 9.17) is 4.42 Å². The van der Waals surface area contributed by atoms with Gasteiger partial charge in [-0.25, -0.2) is 8.78 Å². The Balaban J connectivity index is 1.24.